The number of carbonyl (C=O) groups is 1. The molecule has 1 atom stereocenters. The van der Waals surface area contributed by atoms with Gasteiger partial charge in [-0.2, -0.15) is 0 Å². The molecule has 1 unspecified atom stereocenters. The summed E-state index contributed by atoms with van der Waals surface area (Å²) in [5.41, 5.74) is 0.249. The van der Waals surface area contributed by atoms with Crippen molar-refractivity contribution in [3.63, 3.8) is 0 Å². The van der Waals surface area contributed by atoms with E-state index in [1.807, 2.05) is 0 Å². The van der Waals surface area contributed by atoms with Crippen LogP contribution in [0.1, 0.15) is 43.6 Å². The minimum absolute atomic E-state index is 0.0293. The van der Waals surface area contributed by atoms with Gasteiger partial charge in [-0.1, -0.05) is 13.8 Å². The third-order valence-corrected chi connectivity index (χ3v) is 6.00. The first-order valence-electron chi connectivity index (χ1n) is 8.42. The molecule has 0 bridgehead atoms. The van der Waals surface area contributed by atoms with Crippen LogP contribution >= 0.6 is 0 Å². The van der Waals surface area contributed by atoms with Crippen molar-refractivity contribution in [2.24, 2.45) is 0 Å². The number of rotatable bonds is 7. The van der Waals surface area contributed by atoms with Crippen molar-refractivity contribution < 1.29 is 13.2 Å². The van der Waals surface area contributed by atoms with Crippen molar-refractivity contribution in [2.45, 2.75) is 39.2 Å². The highest BCUT2D eigenvalue weighted by molar-refractivity contribution is 7.91. The second kappa shape index (κ2) is 7.92. The molecule has 1 aromatic rings. The molecule has 0 aliphatic carbocycles. The Labute approximate surface area is 144 Å². The summed E-state index contributed by atoms with van der Waals surface area (Å²) in [6, 6.07) is -0.277. The lowest BCUT2D eigenvalue weighted by Gasteiger charge is -2.24. The van der Waals surface area contributed by atoms with E-state index in [-0.39, 0.29) is 29.1 Å². The zero-order valence-corrected chi connectivity index (χ0v) is 15.4. The number of hydrogen-bond donors (Lipinski definition) is 0. The molecule has 2 heterocycles. The van der Waals surface area contributed by atoms with Crippen LogP contribution in [-0.2, 0) is 9.84 Å². The molecule has 24 heavy (non-hydrogen) atoms. The third-order valence-electron chi connectivity index (χ3n) is 4.24. The van der Waals surface area contributed by atoms with Crippen molar-refractivity contribution in [3.05, 3.63) is 18.1 Å². The molecule has 1 saturated heterocycles. The third kappa shape index (κ3) is 4.43. The second-order valence-corrected chi connectivity index (χ2v) is 8.45. The summed E-state index contributed by atoms with van der Waals surface area (Å²) in [4.78, 5) is 24.7. The van der Waals surface area contributed by atoms with Crippen LogP contribution in [0.25, 0.3) is 0 Å². The first-order chi connectivity index (χ1) is 11.4. The summed E-state index contributed by atoms with van der Waals surface area (Å²) in [7, 11) is -1.39. The van der Waals surface area contributed by atoms with Crippen LogP contribution < -0.4 is 4.90 Å². The SMILES string of the molecule is CCCN(CCC)c1cnc(C(=O)N(C)C2CCS(=O)(=O)C2)cn1. The van der Waals surface area contributed by atoms with Gasteiger partial charge in [0.2, 0.25) is 0 Å². The summed E-state index contributed by atoms with van der Waals surface area (Å²) in [6.45, 7) is 6.02. The molecule has 134 valence electrons. The van der Waals surface area contributed by atoms with Crippen molar-refractivity contribution in [1.82, 2.24) is 14.9 Å². The van der Waals surface area contributed by atoms with Crippen molar-refractivity contribution in [3.8, 4) is 0 Å². The van der Waals surface area contributed by atoms with E-state index in [9.17, 15) is 13.2 Å². The van der Waals surface area contributed by atoms with Crippen LogP contribution in [0.5, 0.6) is 0 Å². The standard InChI is InChI=1S/C16H26N4O3S/c1-4-7-20(8-5-2)15-11-17-14(10-18-15)16(21)19(3)13-6-9-24(22,23)12-13/h10-11,13H,4-9,12H2,1-3H3. The summed E-state index contributed by atoms with van der Waals surface area (Å²) in [6.07, 6.45) is 5.62. The number of anilines is 1. The predicted octanol–water partition coefficient (Wildman–Crippen LogP) is 1.36. The van der Waals surface area contributed by atoms with Gasteiger partial charge in [0.1, 0.15) is 11.5 Å². The maximum absolute atomic E-state index is 12.5. The lowest BCUT2D eigenvalue weighted by molar-refractivity contribution is 0.0741. The monoisotopic (exact) mass is 354 g/mol. The van der Waals surface area contributed by atoms with Crippen LogP contribution in [0.15, 0.2) is 12.4 Å². The topological polar surface area (TPSA) is 83.5 Å². The quantitative estimate of drug-likeness (QED) is 0.735. The highest BCUT2D eigenvalue weighted by atomic mass is 32.2. The van der Waals surface area contributed by atoms with Crippen molar-refractivity contribution in [1.29, 1.82) is 0 Å². The molecule has 1 amide bonds. The average Bonchev–Trinajstić information content (AvgIpc) is 2.93. The Morgan fingerprint density at radius 3 is 2.33 bits per heavy atom. The molecule has 0 saturated carbocycles. The van der Waals surface area contributed by atoms with E-state index in [1.165, 1.54) is 11.1 Å². The minimum Gasteiger partial charge on any atom is -0.355 e. The van der Waals surface area contributed by atoms with Crippen LogP contribution in [0.2, 0.25) is 0 Å². The highest BCUT2D eigenvalue weighted by Crippen LogP contribution is 2.18. The Bertz CT molecular complexity index is 654. The molecule has 0 N–H and O–H groups in total. The van der Waals surface area contributed by atoms with Gasteiger partial charge in [0, 0.05) is 26.2 Å². The van der Waals surface area contributed by atoms with Crippen LogP contribution in [0.4, 0.5) is 5.82 Å². The minimum atomic E-state index is -3.02. The van der Waals surface area contributed by atoms with E-state index in [0.29, 0.717) is 6.42 Å². The van der Waals surface area contributed by atoms with Gasteiger partial charge in [-0.3, -0.25) is 4.79 Å². The van der Waals surface area contributed by atoms with Gasteiger partial charge in [0.05, 0.1) is 23.9 Å². The molecule has 2 rings (SSSR count). The maximum atomic E-state index is 12.5. The largest absolute Gasteiger partial charge is 0.355 e. The molecule has 0 spiro atoms. The van der Waals surface area contributed by atoms with Gasteiger partial charge in [0.25, 0.3) is 5.91 Å². The number of hydrogen-bond acceptors (Lipinski definition) is 6. The van der Waals surface area contributed by atoms with Gasteiger partial charge >= 0.3 is 0 Å². The van der Waals surface area contributed by atoms with Crippen LogP contribution in [0, 0.1) is 0 Å². The smallest absolute Gasteiger partial charge is 0.274 e. The molecule has 1 fully saturated rings. The molecule has 1 aliphatic rings. The second-order valence-electron chi connectivity index (χ2n) is 6.22. The summed E-state index contributed by atoms with van der Waals surface area (Å²) >= 11 is 0. The van der Waals surface area contributed by atoms with E-state index in [0.717, 1.165) is 31.7 Å². The van der Waals surface area contributed by atoms with Gasteiger partial charge < -0.3 is 9.80 Å². The normalized spacial score (nSPS) is 19.2. The van der Waals surface area contributed by atoms with Gasteiger partial charge in [0.15, 0.2) is 9.84 Å². The lowest BCUT2D eigenvalue weighted by atomic mass is 10.2. The van der Waals surface area contributed by atoms with Crippen LogP contribution in [-0.4, -0.2) is 66.9 Å². The van der Waals surface area contributed by atoms with Crippen molar-refractivity contribution >= 4 is 21.6 Å². The van der Waals surface area contributed by atoms with E-state index in [4.69, 9.17) is 0 Å². The molecule has 1 aromatic heterocycles. The summed E-state index contributed by atoms with van der Waals surface area (Å²) in [5.74, 6) is 0.653. The molecule has 7 nitrogen and oxygen atoms in total. The van der Waals surface area contributed by atoms with E-state index in [2.05, 4.69) is 28.7 Å². The Morgan fingerprint density at radius 1 is 1.21 bits per heavy atom. The molecule has 0 radical (unpaired) electrons. The fourth-order valence-electron chi connectivity index (χ4n) is 2.90. The first-order valence-corrected chi connectivity index (χ1v) is 10.2. The summed E-state index contributed by atoms with van der Waals surface area (Å²) in [5, 5.41) is 0. The zero-order valence-electron chi connectivity index (χ0n) is 14.6. The Morgan fingerprint density at radius 2 is 1.88 bits per heavy atom. The maximum Gasteiger partial charge on any atom is 0.274 e. The Kier molecular flexibility index (Phi) is 6.15. The first kappa shape index (κ1) is 18.6. The van der Waals surface area contributed by atoms with Gasteiger partial charge in [-0.25, -0.2) is 18.4 Å². The number of amides is 1. The Hall–Kier alpha value is -1.70. The van der Waals surface area contributed by atoms with Gasteiger partial charge in [-0.15, -0.1) is 0 Å². The molecule has 1 aliphatic heterocycles. The molecule has 0 aromatic carbocycles. The van der Waals surface area contributed by atoms with E-state index < -0.39 is 9.84 Å². The Balaban J connectivity index is 2.08. The van der Waals surface area contributed by atoms with Gasteiger partial charge in [-0.05, 0) is 19.3 Å². The molecular weight excluding hydrogens is 328 g/mol. The lowest BCUT2D eigenvalue weighted by Crippen LogP contribution is -2.38. The number of carbonyl (C=O) groups excluding carboxylic acids is 1. The predicted molar refractivity (Wildman–Crippen MR) is 94.0 cm³/mol. The zero-order chi connectivity index (χ0) is 17.7. The molecule has 8 heteroatoms. The van der Waals surface area contributed by atoms with E-state index >= 15 is 0 Å². The van der Waals surface area contributed by atoms with Crippen LogP contribution in [0.3, 0.4) is 0 Å². The average molecular weight is 354 g/mol. The van der Waals surface area contributed by atoms with Crippen molar-refractivity contribution in [2.75, 3.05) is 36.5 Å². The van der Waals surface area contributed by atoms with E-state index in [1.54, 1.807) is 13.2 Å². The fraction of sp³-hybridized carbons (Fsp3) is 0.688. The highest BCUT2D eigenvalue weighted by Gasteiger charge is 2.33. The number of nitrogens with zero attached hydrogens (tertiary/aromatic N) is 4. The fourth-order valence-corrected chi connectivity index (χ4v) is 4.68. The number of sulfone groups is 1. The number of aromatic nitrogens is 2. The molecular formula is C16H26N4O3S. The summed E-state index contributed by atoms with van der Waals surface area (Å²) < 4.78 is 23.2.